The van der Waals surface area contributed by atoms with Crippen LogP contribution in [0.15, 0.2) is 82.5 Å². The molecule has 6 heterocycles. The third kappa shape index (κ3) is 8.57. The van der Waals surface area contributed by atoms with Crippen molar-refractivity contribution in [1.82, 2.24) is 29.2 Å². The van der Waals surface area contributed by atoms with Gasteiger partial charge >= 0.3 is 6.09 Å². The van der Waals surface area contributed by atoms with Crippen LogP contribution in [-0.2, 0) is 17.8 Å². The summed E-state index contributed by atoms with van der Waals surface area (Å²) in [5, 5.41) is 35.0. The zero-order valence-corrected chi connectivity index (χ0v) is 29.7. The smallest absolute Gasteiger partial charge is 0.416 e. The minimum absolute atomic E-state index is 0.0882. The maximum atomic E-state index is 12.9. The number of ether oxygens (including phenoxy) is 1. The Labute approximate surface area is 294 Å². The number of carbonyl (C=O) groups is 1. The van der Waals surface area contributed by atoms with Gasteiger partial charge in [-0.2, -0.15) is 28.7 Å². The average molecular weight is 809 g/mol. The van der Waals surface area contributed by atoms with E-state index in [1.54, 1.807) is 61.9 Å². The van der Waals surface area contributed by atoms with Gasteiger partial charge in [-0.1, -0.05) is 23.2 Å². The van der Waals surface area contributed by atoms with Gasteiger partial charge in [0.05, 0.1) is 27.9 Å². The number of anilines is 2. The van der Waals surface area contributed by atoms with E-state index in [0.717, 1.165) is 14.8 Å². The highest BCUT2D eigenvalue weighted by atomic mass is 79.9. The SMILES string of the molecule is CC(C)(C)OC(=O)N(Cc1ccc[n+]([O-])c1)c1cc(Cl)nc2c(Br)cnn12.[O-][n+]1cccc(CNc2cc(Cl)nc3c(Br)cnn23)c1. The predicted octanol–water partition coefficient (Wildman–Crippen LogP) is 6.11. The molecule has 0 aliphatic carbocycles. The zero-order chi connectivity index (χ0) is 33.9. The number of halogens is 4. The zero-order valence-electron chi connectivity index (χ0n) is 25.0. The molecule has 0 aliphatic rings. The Morgan fingerprint density at radius 2 is 1.49 bits per heavy atom. The van der Waals surface area contributed by atoms with Gasteiger partial charge in [-0.15, -0.1) is 0 Å². The van der Waals surface area contributed by atoms with Gasteiger partial charge in [-0.25, -0.2) is 14.8 Å². The molecule has 6 rings (SSSR count). The fraction of sp³-hybridized carbons (Fsp3) is 0.207. The van der Waals surface area contributed by atoms with Crippen LogP contribution in [0.3, 0.4) is 0 Å². The fourth-order valence-corrected chi connectivity index (χ4v) is 5.30. The molecule has 18 heteroatoms. The van der Waals surface area contributed by atoms with Crippen LogP contribution < -0.4 is 19.7 Å². The summed E-state index contributed by atoms with van der Waals surface area (Å²) < 4.78 is 11.5. The number of pyridine rings is 2. The van der Waals surface area contributed by atoms with Gasteiger partial charge in [-0.05, 0) is 64.8 Å². The first kappa shape index (κ1) is 34.1. The molecule has 1 amide bonds. The largest absolute Gasteiger partial charge is 0.619 e. The topological polar surface area (TPSA) is 156 Å². The summed E-state index contributed by atoms with van der Waals surface area (Å²) in [6.45, 7) is 5.89. The van der Waals surface area contributed by atoms with Crippen molar-refractivity contribution < 1.29 is 19.0 Å². The Morgan fingerprint density at radius 1 is 0.936 bits per heavy atom. The van der Waals surface area contributed by atoms with Gasteiger partial charge in [0.25, 0.3) is 0 Å². The average Bonchev–Trinajstić information content (AvgIpc) is 3.55. The molecular weight excluding hydrogens is 783 g/mol. The summed E-state index contributed by atoms with van der Waals surface area (Å²) in [6.07, 6.45) is 8.31. The van der Waals surface area contributed by atoms with Crippen LogP contribution in [0, 0.1) is 10.4 Å². The first-order valence-electron chi connectivity index (χ1n) is 13.8. The Bertz CT molecular complexity index is 2070. The lowest BCUT2D eigenvalue weighted by atomic mass is 10.2. The summed E-state index contributed by atoms with van der Waals surface area (Å²) in [5.41, 5.74) is 1.86. The van der Waals surface area contributed by atoms with Crippen molar-refractivity contribution in [2.24, 2.45) is 0 Å². The molecule has 0 saturated carbocycles. The van der Waals surface area contributed by atoms with Gasteiger partial charge in [0.15, 0.2) is 36.1 Å². The maximum Gasteiger partial charge on any atom is 0.416 e. The number of hydrogen-bond acceptors (Lipinski definition) is 9. The second kappa shape index (κ2) is 14.3. The van der Waals surface area contributed by atoms with E-state index in [9.17, 15) is 15.2 Å². The quantitative estimate of drug-likeness (QED) is 0.119. The molecule has 244 valence electrons. The number of carbonyl (C=O) groups excluding carboxylic acids is 1. The highest BCUT2D eigenvalue weighted by Gasteiger charge is 2.27. The second-order valence-corrected chi connectivity index (χ2v) is 13.4. The van der Waals surface area contributed by atoms with Crippen molar-refractivity contribution in [1.29, 1.82) is 0 Å². The van der Waals surface area contributed by atoms with Crippen LogP contribution in [0.4, 0.5) is 16.4 Å². The van der Waals surface area contributed by atoms with E-state index in [-0.39, 0.29) is 11.7 Å². The van der Waals surface area contributed by atoms with Gasteiger partial charge in [0.2, 0.25) is 0 Å². The molecule has 0 aromatic carbocycles. The molecule has 0 aliphatic heterocycles. The van der Waals surface area contributed by atoms with E-state index < -0.39 is 11.7 Å². The summed E-state index contributed by atoms with van der Waals surface area (Å²) >= 11 is 18.9. The van der Waals surface area contributed by atoms with Crippen LogP contribution in [0.2, 0.25) is 10.3 Å². The van der Waals surface area contributed by atoms with Crippen LogP contribution in [-0.4, -0.2) is 40.9 Å². The molecule has 0 saturated heterocycles. The molecular formula is C29H26Br2Cl2N10O4. The summed E-state index contributed by atoms with van der Waals surface area (Å²) in [4.78, 5) is 22.7. The molecule has 0 fully saturated rings. The van der Waals surface area contributed by atoms with Gasteiger partial charge in [0, 0.05) is 41.9 Å². The van der Waals surface area contributed by atoms with E-state index in [2.05, 4.69) is 57.3 Å². The second-order valence-electron chi connectivity index (χ2n) is 10.9. The molecule has 6 aromatic rings. The molecule has 0 radical (unpaired) electrons. The van der Waals surface area contributed by atoms with Crippen molar-refractivity contribution in [3.63, 3.8) is 0 Å². The van der Waals surface area contributed by atoms with E-state index in [1.165, 1.54) is 40.3 Å². The summed E-state index contributed by atoms with van der Waals surface area (Å²) in [6, 6.07) is 10.1. The van der Waals surface area contributed by atoms with Crippen molar-refractivity contribution in [2.75, 3.05) is 10.2 Å². The van der Waals surface area contributed by atoms with E-state index in [4.69, 9.17) is 27.9 Å². The summed E-state index contributed by atoms with van der Waals surface area (Å²) in [5.74, 6) is 1.07. The highest BCUT2D eigenvalue weighted by Crippen LogP contribution is 2.27. The molecule has 6 aromatic heterocycles. The standard InChI is InChI=1S/C17H17BrClN5O3.C12H9BrClN5O/c1-17(2,3)27-16(25)23(10-11-5-4-6-22(26)9-11)14-7-13(19)21-15-12(18)8-20-24(14)15;13-9-6-16-19-11(4-10(14)17-12(9)19)15-5-8-2-1-3-18(20)7-8/h4-9H,10H2,1-3H3;1-4,6-7,15H,5H2. The van der Waals surface area contributed by atoms with E-state index in [1.807, 2.05) is 6.07 Å². The number of nitrogens with one attached hydrogen (secondary N) is 1. The Kier molecular flexibility index (Phi) is 10.3. The third-order valence-corrected chi connectivity index (χ3v) is 7.66. The lowest BCUT2D eigenvalue weighted by Gasteiger charge is -2.27. The number of amides is 1. The maximum absolute atomic E-state index is 12.9. The Balaban J connectivity index is 0.000000193. The lowest BCUT2D eigenvalue weighted by molar-refractivity contribution is -0.606. The summed E-state index contributed by atoms with van der Waals surface area (Å²) in [7, 11) is 0. The van der Waals surface area contributed by atoms with Gasteiger partial charge < -0.3 is 20.5 Å². The minimum Gasteiger partial charge on any atom is -0.619 e. The van der Waals surface area contributed by atoms with Crippen LogP contribution >= 0.6 is 55.1 Å². The lowest BCUT2D eigenvalue weighted by Crippen LogP contribution is -2.38. The molecule has 14 nitrogen and oxygen atoms in total. The van der Waals surface area contributed by atoms with Crippen molar-refractivity contribution >= 4 is 84.1 Å². The number of nitrogens with zero attached hydrogens (tertiary/aromatic N) is 9. The Hall–Kier alpha value is -4.25. The third-order valence-electron chi connectivity index (χ3n) is 6.15. The molecule has 0 bridgehead atoms. The van der Waals surface area contributed by atoms with Crippen molar-refractivity contribution in [3.05, 3.63) is 114 Å². The van der Waals surface area contributed by atoms with Crippen LogP contribution in [0.5, 0.6) is 0 Å². The monoisotopic (exact) mass is 806 g/mol. The molecule has 0 unspecified atom stereocenters. The normalized spacial score (nSPS) is 11.3. The minimum atomic E-state index is -0.703. The van der Waals surface area contributed by atoms with Crippen molar-refractivity contribution in [2.45, 2.75) is 39.5 Å². The first-order valence-corrected chi connectivity index (χ1v) is 16.1. The highest BCUT2D eigenvalue weighted by molar-refractivity contribution is 9.11. The van der Waals surface area contributed by atoms with Gasteiger partial charge in [-0.3, -0.25) is 4.90 Å². The number of rotatable bonds is 6. The number of aromatic nitrogens is 8. The van der Waals surface area contributed by atoms with E-state index in [0.29, 0.717) is 49.4 Å². The predicted molar refractivity (Wildman–Crippen MR) is 182 cm³/mol. The molecule has 47 heavy (non-hydrogen) atoms. The Morgan fingerprint density at radius 3 is 2.11 bits per heavy atom. The van der Waals surface area contributed by atoms with E-state index >= 15 is 0 Å². The molecule has 0 atom stereocenters. The van der Waals surface area contributed by atoms with Crippen molar-refractivity contribution in [3.8, 4) is 0 Å². The molecule has 0 spiro atoms. The molecule has 1 N–H and O–H groups in total. The fourth-order valence-electron chi connectivity index (χ4n) is 4.25. The first-order chi connectivity index (χ1) is 22.3. The number of fused-ring (bicyclic) bond motifs is 2. The number of hydrogen-bond donors (Lipinski definition) is 1. The van der Waals surface area contributed by atoms with Crippen LogP contribution in [0.25, 0.3) is 11.3 Å². The van der Waals surface area contributed by atoms with Crippen LogP contribution in [0.1, 0.15) is 31.9 Å². The van der Waals surface area contributed by atoms with Gasteiger partial charge in [0.1, 0.15) is 27.5 Å².